The maximum absolute atomic E-state index is 6.16. The van der Waals surface area contributed by atoms with Crippen molar-refractivity contribution in [2.45, 2.75) is 130 Å². The Bertz CT molecular complexity index is 301. The van der Waals surface area contributed by atoms with Crippen LogP contribution >= 0.6 is 0 Å². The van der Waals surface area contributed by atoms with Crippen molar-refractivity contribution in [3.8, 4) is 0 Å². The Kier molecular flexibility index (Phi) is 17.1. The van der Waals surface area contributed by atoms with Crippen LogP contribution in [0.25, 0.3) is 0 Å². The molecule has 1 saturated heterocycles. The second kappa shape index (κ2) is 17.0. The Hall–Kier alpha value is 0.0969. The van der Waals surface area contributed by atoms with E-state index in [1.165, 1.54) is 64.2 Å². The van der Waals surface area contributed by atoms with Gasteiger partial charge in [-0.3, -0.25) is 0 Å². The summed E-state index contributed by atoms with van der Waals surface area (Å²) in [6.07, 6.45) is 16.0. The molecule has 0 aromatic heterocycles. The van der Waals surface area contributed by atoms with Crippen LogP contribution in [-0.4, -0.2) is 33.6 Å². The third-order valence-corrected chi connectivity index (χ3v) is 10.4. The van der Waals surface area contributed by atoms with Gasteiger partial charge in [-0.05, 0) is 39.7 Å². The minimum absolute atomic E-state index is 0.119. The van der Waals surface area contributed by atoms with Gasteiger partial charge in [-0.15, -0.1) is 0 Å². The molecule has 1 fully saturated rings. The lowest BCUT2D eigenvalue weighted by Gasteiger charge is -2.49. The Balaban J connectivity index is 0.000000580. The molecule has 1 unspecified atom stereocenters. The normalized spacial score (nSPS) is 21.6. The smallest absolute Gasteiger partial charge is 0.371 e. The first-order valence-corrected chi connectivity index (χ1v) is 14.1. The molecule has 1 aliphatic heterocycles. The van der Waals surface area contributed by atoms with Gasteiger partial charge in [0.05, 0.1) is 0 Å². The van der Waals surface area contributed by atoms with Gasteiger partial charge in [0.25, 0.3) is 0 Å². The fourth-order valence-electron chi connectivity index (χ4n) is 4.32. The van der Waals surface area contributed by atoms with Crippen molar-refractivity contribution in [3.05, 3.63) is 0 Å². The van der Waals surface area contributed by atoms with Crippen LogP contribution in [0.15, 0.2) is 0 Å². The molecule has 3 nitrogen and oxygen atoms in total. The van der Waals surface area contributed by atoms with E-state index in [1.54, 1.807) is 0 Å². The first-order valence-electron chi connectivity index (χ1n) is 12.0. The van der Waals surface area contributed by atoms with E-state index in [0.29, 0.717) is 0 Å². The fourth-order valence-corrected chi connectivity index (χ4v) is 8.78. The molecule has 1 heterocycles. The van der Waals surface area contributed by atoms with Gasteiger partial charge in [0.1, 0.15) is 5.22 Å². The van der Waals surface area contributed by atoms with Gasteiger partial charge < -0.3 is 13.6 Å². The zero-order chi connectivity index (χ0) is 20.4. The summed E-state index contributed by atoms with van der Waals surface area (Å²) in [6.45, 7) is 15.2. The Morgan fingerprint density at radius 1 is 0.667 bits per heavy atom. The Morgan fingerprint density at radius 2 is 1.19 bits per heavy atom. The van der Waals surface area contributed by atoms with E-state index in [-0.39, 0.29) is 5.22 Å². The molecule has 1 aliphatic rings. The molecule has 0 radical (unpaired) electrons. The molecule has 1 rings (SSSR count). The number of ether oxygens (including phenoxy) is 1. The number of hydrogen-bond donors (Lipinski definition) is 0. The van der Waals surface area contributed by atoms with Crippen molar-refractivity contribution in [1.82, 2.24) is 0 Å². The predicted molar refractivity (Wildman–Crippen MR) is 121 cm³/mol. The quantitative estimate of drug-likeness (QED) is 0.222. The van der Waals surface area contributed by atoms with Crippen molar-refractivity contribution >= 4 is 8.56 Å². The van der Waals surface area contributed by atoms with Crippen LogP contribution in [0.5, 0.6) is 0 Å². The van der Waals surface area contributed by atoms with Gasteiger partial charge in [-0.1, -0.05) is 85.0 Å². The van der Waals surface area contributed by atoms with Gasteiger partial charge in [0.2, 0.25) is 0 Å². The van der Waals surface area contributed by atoms with E-state index in [4.69, 9.17) is 13.6 Å². The van der Waals surface area contributed by atoms with Crippen LogP contribution in [0.1, 0.15) is 119 Å². The molecule has 0 N–H and O–H groups in total. The summed E-state index contributed by atoms with van der Waals surface area (Å²) in [5.74, 6) is 0. The van der Waals surface area contributed by atoms with E-state index in [2.05, 4.69) is 41.5 Å². The van der Waals surface area contributed by atoms with Crippen LogP contribution in [0.3, 0.4) is 0 Å². The molecular formula is C23H50O3Si. The van der Waals surface area contributed by atoms with E-state index in [9.17, 15) is 0 Å². The molecule has 1 atom stereocenters. The summed E-state index contributed by atoms with van der Waals surface area (Å²) >= 11 is 0. The zero-order valence-corrected chi connectivity index (χ0v) is 20.5. The van der Waals surface area contributed by atoms with Crippen LogP contribution in [0, 0.1) is 0 Å². The minimum Gasteiger partial charge on any atom is -0.393 e. The van der Waals surface area contributed by atoms with Gasteiger partial charge >= 0.3 is 8.56 Å². The molecule has 0 spiro atoms. The molecule has 0 aromatic carbocycles. The van der Waals surface area contributed by atoms with Crippen molar-refractivity contribution in [1.29, 1.82) is 0 Å². The number of rotatable bonds is 14. The van der Waals surface area contributed by atoms with Gasteiger partial charge in [0.15, 0.2) is 0 Å². The predicted octanol–water partition coefficient (Wildman–Crippen LogP) is 7.56. The van der Waals surface area contributed by atoms with Crippen molar-refractivity contribution in [2.24, 2.45) is 0 Å². The van der Waals surface area contributed by atoms with Crippen molar-refractivity contribution in [3.63, 3.8) is 0 Å². The van der Waals surface area contributed by atoms with Crippen molar-refractivity contribution in [2.75, 3.05) is 19.8 Å². The lowest BCUT2D eigenvalue weighted by atomic mass is 10.1. The standard InChI is InChI=1S/C13H28O3Si.C10H22/c1-5-13(14-6-2)11-9-10-12-17(13,15-7-3)16-8-4;1-3-5-7-9-10-8-6-4-2/h5-12H2,1-4H3;3-10H2,1-2H3. The second-order valence-electron chi connectivity index (χ2n) is 7.73. The fraction of sp³-hybridized carbons (Fsp3) is 1.00. The van der Waals surface area contributed by atoms with Crippen LogP contribution < -0.4 is 0 Å². The van der Waals surface area contributed by atoms with E-state index in [0.717, 1.165) is 38.7 Å². The topological polar surface area (TPSA) is 27.7 Å². The summed E-state index contributed by atoms with van der Waals surface area (Å²) in [7, 11) is -2.21. The summed E-state index contributed by atoms with van der Waals surface area (Å²) in [5, 5.41) is -0.119. The monoisotopic (exact) mass is 402 g/mol. The number of unbranched alkanes of at least 4 members (excludes halogenated alkanes) is 7. The Morgan fingerprint density at radius 3 is 1.59 bits per heavy atom. The lowest BCUT2D eigenvalue weighted by molar-refractivity contribution is -0.0426. The SMILES string of the molecule is CCCCCCCCCC.CCOC1(CC)CCCC[Si]1(OCC)OCC. The van der Waals surface area contributed by atoms with Gasteiger partial charge in [-0.2, -0.15) is 0 Å². The molecule has 0 aliphatic carbocycles. The number of hydrogen-bond acceptors (Lipinski definition) is 3. The molecule has 27 heavy (non-hydrogen) atoms. The maximum Gasteiger partial charge on any atom is 0.371 e. The third kappa shape index (κ3) is 9.43. The van der Waals surface area contributed by atoms with Gasteiger partial charge in [0, 0.05) is 19.8 Å². The Labute approximate surface area is 172 Å². The highest BCUT2D eigenvalue weighted by atomic mass is 28.4. The second-order valence-corrected chi connectivity index (χ2v) is 11.2. The molecule has 4 heteroatoms. The minimum atomic E-state index is -2.21. The molecular weight excluding hydrogens is 352 g/mol. The average Bonchev–Trinajstić information content (AvgIpc) is 2.68. The van der Waals surface area contributed by atoms with Crippen LogP contribution in [0.4, 0.5) is 0 Å². The van der Waals surface area contributed by atoms with Crippen LogP contribution in [0.2, 0.25) is 6.04 Å². The molecule has 0 aromatic rings. The molecule has 0 saturated carbocycles. The zero-order valence-electron chi connectivity index (χ0n) is 19.5. The first-order chi connectivity index (χ1) is 13.1. The lowest BCUT2D eigenvalue weighted by Crippen LogP contribution is -2.65. The highest BCUT2D eigenvalue weighted by Crippen LogP contribution is 2.42. The van der Waals surface area contributed by atoms with Crippen LogP contribution in [-0.2, 0) is 13.6 Å². The maximum atomic E-state index is 6.16. The van der Waals surface area contributed by atoms with E-state index < -0.39 is 8.56 Å². The highest BCUT2D eigenvalue weighted by molar-refractivity contribution is 6.70. The van der Waals surface area contributed by atoms with Gasteiger partial charge in [-0.25, -0.2) is 0 Å². The summed E-state index contributed by atoms with van der Waals surface area (Å²) in [5.41, 5.74) is 0. The largest absolute Gasteiger partial charge is 0.393 e. The third-order valence-electron chi connectivity index (χ3n) is 5.73. The van der Waals surface area contributed by atoms with E-state index >= 15 is 0 Å². The summed E-state index contributed by atoms with van der Waals surface area (Å²) in [4.78, 5) is 0. The molecule has 0 bridgehead atoms. The van der Waals surface area contributed by atoms with Crippen molar-refractivity contribution < 1.29 is 13.6 Å². The average molecular weight is 403 g/mol. The first kappa shape index (κ1) is 27.1. The summed E-state index contributed by atoms with van der Waals surface area (Å²) < 4.78 is 18.5. The molecule has 0 amide bonds. The summed E-state index contributed by atoms with van der Waals surface area (Å²) in [6, 6.07) is 1.09. The van der Waals surface area contributed by atoms with E-state index in [1.807, 2.05) is 0 Å². The molecule has 164 valence electrons. The highest BCUT2D eigenvalue weighted by Gasteiger charge is 2.58.